The average molecular weight is 303 g/mol. The van der Waals surface area contributed by atoms with Crippen LogP contribution in [-0.4, -0.2) is 5.11 Å². The highest BCUT2D eigenvalue weighted by Gasteiger charge is 2.36. The van der Waals surface area contributed by atoms with Gasteiger partial charge in [-0.1, -0.05) is 52.3 Å². The molecule has 3 rings (SSSR count). The molecule has 1 unspecified atom stereocenters. The second kappa shape index (κ2) is 4.52. The molecule has 1 aliphatic carbocycles. The molecule has 1 nitrogen and oxygen atoms in total. The lowest BCUT2D eigenvalue weighted by molar-refractivity contribution is 0.0390. The van der Waals surface area contributed by atoms with E-state index in [2.05, 4.69) is 40.2 Å². The SMILES string of the molecule is OC1(Cc2ccc(Br)cc2)CCc2ccccc21. The van der Waals surface area contributed by atoms with Gasteiger partial charge in [-0.15, -0.1) is 0 Å². The van der Waals surface area contributed by atoms with Gasteiger partial charge in [-0.2, -0.15) is 0 Å². The Labute approximate surface area is 116 Å². The second-order valence-corrected chi connectivity index (χ2v) is 5.91. The minimum Gasteiger partial charge on any atom is -0.385 e. The van der Waals surface area contributed by atoms with Gasteiger partial charge in [0.2, 0.25) is 0 Å². The van der Waals surface area contributed by atoms with Crippen molar-refractivity contribution in [3.63, 3.8) is 0 Å². The lowest BCUT2D eigenvalue weighted by atomic mass is 9.89. The molecule has 18 heavy (non-hydrogen) atoms. The summed E-state index contributed by atoms with van der Waals surface area (Å²) in [5.41, 5.74) is 2.88. The Morgan fingerprint density at radius 2 is 1.78 bits per heavy atom. The summed E-state index contributed by atoms with van der Waals surface area (Å²) in [5, 5.41) is 10.9. The first-order valence-electron chi connectivity index (χ1n) is 6.23. The van der Waals surface area contributed by atoms with Crippen molar-refractivity contribution in [1.82, 2.24) is 0 Å². The van der Waals surface area contributed by atoms with Crippen LogP contribution in [0.4, 0.5) is 0 Å². The fraction of sp³-hybridized carbons (Fsp3) is 0.250. The smallest absolute Gasteiger partial charge is 0.0942 e. The number of hydrogen-bond acceptors (Lipinski definition) is 1. The topological polar surface area (TPSA) is 20.2 Å². The molecule has 2 heteroatoms. The number of aryl methyl sites for hydroxylation is 1. The molecule has 0 spiro atoms. The Bertz CT molecular complexity index is 562. The van der Waals surface area contributed by atoms with Gasteiger partial charge < -0.3 is 5.11 Å². The third-order valence-electron chi connectivity index (χ3n) is 3.74. The quantitative estimate of drug-likeness (QED) is 0.894. The van der Waals surface area contributed by atoms with Gasteiger partial charge in [0.25, 0.3) is 0 Å². The zero-order chi connectivity index (χ0) is 12.6. The van der Waals surface area contributed by atoms with Crippen molar-refractivity contribution in [1.29, 1.82) is 0 Å². The fourth-order valence-electron chi connectivity index (χ4n) is 2.79. The fourth-order valence-corrected chi connectivity index (χ4v) is 3.06. The van der Waals surface area contributed by atoms with Gasteiger partial charge in [0.1, 0.15) is 0 Å². The molecule has 0 heterocycles. The molecule has 2 aromatic carbocycles. The molecule has 0 bridgehead atoms. The summed E-state index contributed by atoms with van der Waals surface area (Å²) in [6, 6.07) is 16.4. The van der Waals surface area contributed by atoms with Crippen LogP contribution in [0, 0.1) is 0 Å². The third kappa shape index (κ3) is 2.11. The maximum absolute atomic E-state index is 10.9. The van der Waals surface area contributed by atoms with Crippen LogP contribution in [0.2, 0.25) is 0 Å². The largest absolute Gasteiger partial charge is 0.385 e. The molecule has 2 aromatic rings. The summed E-state index contributed by atoms with van der Waals surface area (Å²) in [6.07, 6.45) is 2.49. The summed E-state index contributed by atoms with van der Waals surface area (Å²) in [6.45, 7) is 0. The monoisotopic (exact) mass is 302 g/mol. The zero-order valence-electron chi connectivity index (χ0n) is 10.1. The minimum absolute atomic E-state index is 0.690. The third-order valence-corrected chi connectivity index (χ3v) is 4.27. The van der Waals surface area contributed by atoms with Crippen LogP contribution in [0.1, 0.15) is 23.1 Å². The van der Waals surface area contributed by atoms with Crippen molar-refractivity contribution in [2.24, 2.45) is 0 Å². The Hall–Kier alpha value is -1.12. The molecule has 0 fully saturated rings. The molecule has 0 saturated carbocycles. The highest BCUT2D eigenvalue weighted by molar-refractivity contribution is 9.10. The average Bonchev–Trinajstić information content (AvgIpc) is 2.71. The van der Waals surface area contributed by atoms with Crippen molar-refractivity contribution in [3.05, 3.63) is 69.7 Å². The van der Waals surface area contributed by atoms with Crippen LogP contribution in [0.5, 0.6) is 0 Å². The molecule has 0 aromatic heterocycles. The molecule has 1 aliphatic rings. The molecule has 92 valence electrons. The van der Waals surface area contributed by atoms with E-state index in [1.54, 1.807) is 0 Å². The van der Waals surface area contributed by atoms with Crippen molar-refractivity contribution in [2.75, 3.05) is 0 Å². The van der Waals surface area contributed by atoms with Crippen LogP contribution in [0.3, 0.4) is 0 Å². The van der Waals surface area contributed by atoms with Crippen LogP contribution < -0.4 is 0 Å². The van der Waals surface area contributed by atoms with E-state index in [4.69, 9.17) is 0 Å². The summed E-state index contributed by atoms with van der Waals surface area (Å²) < 4.78 is 1.07. The van der Waals surface area contributed by atoms with Crippen LogP contribution in [0.15, 0.2) is 53.0 Å². The van der Waals surface area contributed by atoms with Gasteiger partial charge in [0.15, 0.2) is 0 Å². The number of halogens is 1. The van der Waals surface area contributed by atoms with E-state index in [1.807, 2.05) is 24.3 Å². The highest BCUT2D eigenvalue weighted by atomic mass is 79.9. The van der Waals surface area contributed by atoms with Gasteiger partial charge in [0, 0.05) is 10.9 Å². The first-order chi connectivity index (χ1) is 8.67. The van der Waals surface area contributed by atoms with E-state index in [0.717, 1.165) is 22.9 Å². The first kappa shape index (κ1) is 11.9. The van der Waals surface area contributed by atoms with Crippen LogP contribution >= 0.6 is 15.9 Å². The van der Waals surface area contributed by atoms with E-state index in [1.165, 1.54) is 11.1 Å². The lowest BCUT2D eigenvalue weighted by Gasteiger charge is -2.24. The van der Waals surface area contributed by atoms with Crippen molar-refractivity contribution < 1.29 is 5.11 Å². The van der Waals surface area contributed by atoms with Crippen molar-refractivity contribution >= 4 is 15.9 Å². The molecule has 1 atom stereocenters. The van der Waals surface area contributed by atoms with Gasteiger partial charge >= 0.3 is 0 Å². The Morgan fingerprint density at radius 3 is 2.56 bits per heavy atom. The van der Waals surface area contributed by atoms with Gasteiger partial charge in [-0.25, -0.2) is 0 Å². The van der Waals surface area contributed by atoms with Gasteiger partial charge in [0.05, 0.1) is 5.60 Å². The van der Waals surface area contributed by atoms with E-state index in [0.29, 0.717) is 6.42 Å². The predicted octanol–water partition coefficient (Wildman–Crippen LogP) is 3.83. The summed E-state index contributed by atoms with van der Waals surface area (Å²) >= 11 is 3.43. The van der Waals surface area contributed by atoms with E-state index in [-0.39, 0.29) is 0 Å². The normalized spacial score (nSPS) is 21.9. The lowest BCUT2D eigenvalue weighted by Crippen LogP contribution is -2.25. The number of rotatable bonds is 2. The predicted molar refractivity (Wildman–Crippen MR) is 76.5 cm³/mol. The molecule has 0 saturated heterocycles. The summed E-state index contributed by atoms with van der Waals surface area (Å²) in [4.78, 5) is 0. The molecule has 0 aliphatic heterocycles. The number of hydrogen-bond donors (Lipinski definition) is 1. The number of aliphatic hydroxyl groups is 1. The molecule has 0 amide bonds. The summed E-state index contributed by atoms with van der Waals surface area (Å²) in [7, 11) is 0. The second-order valence-electron chi connectivity index (χ2n) is 4.99. The highest BCUT2D eigenvalue weighted by Crippen LogP contribution is 2.39. The molecular formula is C16H15BrO. The van der Waals surface area contributed by atoms with Gasteiger partial charge in [-0.3, -0.25) is 0 Å². The molecular weight excluding hydrogens is 288 g/mol. The molecule has 0 radical (unpaired) electrons. The van der Waals surface area contributed by atoms with E-state index >= 15 is 0 Å². The Balaban J connectivity index is 1.91. The van der Waals surface area contributed by atoms with Crippen molar-refractivity contribution in [2.45, 2.75) is 24.9 Å². The number of fused-ring (bicyclic) bond motifs is 1. The van der Waals surface area contributed by atoms with E-state index in [9.17, 15) is 5.11 Å². The molecule has 1 N–H and O–H groups in total. The number of benzene rings is 2. The first-order valence-corrected chi connectivity index (χ1v) is 7.02. The van der Waals surface area contributed by atoms with Crippen LogP contribution in [-0.2, 0) is 18.4 Å². The van der Waals surface area contributed by atoms with Crippen LogP contribution in [0.25, 0.3) is 0 Å². The maximum Gasteiger partial charge on any atom is 0.0942 e. The summed E-state index contributed by atoms with van der Waals surface area (Å²) in [5.74, 6) is 0. The Morgan fingerprint density at radius 1 is 1.06 bits per heavy atom. The minimum atomic E-state index is -0.690. The van der Waals surface area contributed by atoms with E-state index < -0.39 is 5.60 Å². The zero-order valence-corrected chi connectivity index (χ0v) is 11.7. The maximum atomic E-state index is 10.9. The Kier molecular flexibility index (Phi) is 3.00. The standard InChI is InChI=1S/C16H15BrO/c17-14-7-5-12(6-8-14)11-16(18)10-9-13-3-1-2-4-15(13)16/h1-8,18H,9-11H2. The van der Waals surface area contributed by atoms with Gasteiger partial charge in [-0.05, 0) is 41.7 Å². The van der Waals surface area contributed by atoms with Crippen molar-refractivity contribution in [3.8, 4) is 0 Å².